The molecule has 0 spiro atoms. The van der Waals surface area contributed by atoms with Crippen molar-refractivity contribution in [1.82, 2.24) is 4.90 Å². The molecule has 1 atom stereocenters. The van der Waals surface area contributed by atoms with Crippen molar-refractivity contribution in [2.45, 2.75) is 25.6 Å². The van der Waals surface area contributed by atoms with Gasteiger partial charge in [0.15, 0.2) is 0 Å². The molecule has 0 radical (unpaired) electrons. The summed E-state index contributed by atoms with van der Waals surface area (Å²) in [4.78, 5) is 13.3. The smallest absolute Gasteiger partial charge is 0.298 e. The van der Waals surface area contributed by atoms with E-state index in [2.05, 4.69) is 15.2 Å². The summed E-state index contributed by atoms with van der Waals surface area (Å²) >= 11 is 0. The number of hydrogen-bond acceptors (Lipinski definition) is 8. The lowest BCUT2D eigenvalue weighted by atomic mass is 10.00. The highest BCUT2D eigenvalue weighted by Crippen LogP contribution is 2.40. The molecule has 24 heavy (non-hydrogen) atoms. The lowest BCUT2D eigenvalue weighted by Gasteiger charge is -2.40. The van der Waals surface area contributed by atoms with E-state index >= 15 is 0 Å². The Bertz CT molecular complexity index is 657. The van der Waals surface area contributed by atoms with Gasteiger partial charge in [-0.15, -0.1) is 0 Å². The van der Waals surface area contributed by atoms with Gasteiger partial charge in [0.25, 0.3) is 5.69 Å². The van der Waals surface area contributed by atoms with Gasteiger partial charge in [0.05, 0.1) is 31.3 Å². The summed E-state index contributed by atoms with van der Waals surface area (Å²) in [7, 11) is 1.48. The summed E-state index contributed by atoms with van der Waals surface area (Å²) in [6.45, 7) is 6.69. The summed E-state index contributed by atoms with van der Waals surface area (Å²) in [6.07, 6.45) is -0.200. The summed E-state index contributed by atoms with van der Waals surface area (Å²) in [5, 5.41) is 21.7. The van der Waals surface area contributed by atoms with Crippen molar-refractivity contribution in [3.63, 3.8) is 0 Å². The van der Waals surface area contributed by atoms with Gasteiger partial charge >= 0.3 is 0 Å². The van der Waals surface area contributed by atoms with Crippen LogP contribution >= 0.6 is 0 Å². The molecule has 9 heteroatoms. The Morgan fingerprint density at radius 3 is 2.71 bits per heavy atom. The maximum absolute atomic E-state index is 11.5. The highest BCUT2D eigenvalue weighted by atomic mass is 16.6. The molecule has 0 bridgehead atoms. The molecule has 9 nitrogen and oxygen atoms in total. The van der Waals surface area contributed by atoms with Crippen molar-refractivity contribution in [2.75, 3.05) is 38.4 Å². The number of hydrogen-bond donors (Lipinski definition) is 0. The molecule has 3 rings (SSSR count). The Morgan fingerprint density at radius 2 is 2.08 bits per heavy atom. The monoisotopic (exact) mass is 335 g/mol. The van der Waals surface area contributed by atoms with Crippen LogP contribution in [0.25, 0.3) is 0 Å². The Kier molecular flexibility index (Phi) is 4.37. The number of methoxy groups -OCH3 is 1. The van der Waals surface area contributed by atoms with Crippen LogP contribution in [0.3, 0.4) is 0 Å². The summed E-state index contributed by atoms with van der Waals surface area (Å²) in [5.74, 6) is 0.434. The topological polar surface area (TPSA) is 92.8 Å². The maximum atomic E-state index is 11.5. The molecule has 1 aromatic rings. The molecular formula is C15H21N5O4. The fraction of sp³-hybridized carbons (Fsp3) is 0.600. The van der Waals surface area contributed by atoms with E-state index < -0.39 is 10.5 Å². The SMILES string of the molecule is COc1ccc(N2N=NC(C)(C)C2N2CCOCC2)c([N+](=O)[O-])c1. The Balaban J connectivity index is 2.00. The molecular weight excluding hydrogens is 314 g/mol. The van der Waals surface area contributed by atoms with Crippen LogP contribution in [-0.2, 0) is 4.74 Å². The lowest BCUT2D eigenvalue weighted by Crippen LogP contribution is -2.57. The van der Waals surface area contributed by atoms with Crippen molar-refractivity contribution in [2.24, 2.45) is 10.3 Å². The second-order valence-corrected chi connectivity index (χ2v) is 6.32. The van der Waals surface area contributed by atoms with Gasteiger partial charge in [0.2, 0.25) is 0 Å². The zero-order valence-electron chi connectivity index (χ0n) is 14.0. The third-order valence-electron chi connectivity index (χ3n) is 4.28. The van der Waals surface area contributed by atoms with Crippen molar-refractivity contribution < 1.29 is 14.4 Å². The average molecular weight is 335 g/mol. The molecule has 1 unspecified atom stereocenters. The van der Waals surface area contributed by atoms with Crippen LogP contribution in [0.4, 0.5) is 11.4 Å². The molecule has 2 heterocycles. The predicted octanol–water partition coefficient (Wildman–Crippen LogP) is 2.23. The molecule has 130 valence electrons. The molecule has 1 fully saturated rings. The number of nitro groups is 1. The Labute approximate surface area is 140 Å². The number of nitro benzene ring substituents is 1. The third-order valence-corrected chi connectivity index (χ3v) is 4.28. The van der Waals surface area contributed by atoms with Gasteiger partial charge in [-0.3, -0.25) is 15.0 Å². The normalized spacial score (nSPS) is 23.5. The molecule has 0 amide bonds. The van der Waals surface area contributed by atoms with Gasteiger partial charge < -0.3 is 9.47 Å². The number of anilines is 1. The van der Waals surface area contributed by atoms with E-state index in [1.54, 1.807) is 17.1 Å². The summed E-state index contributed by atoms with van der Waals surface area (Å²) in [6, 6.07) is 4.76. The van der Waals surface area contributed by atoms with Crippen molar-refractivity contribution in [3.05, 3.63) is 28.3 Å². The van der Waals surface area contributed by atoms with E-state index in [1.165, 1.54) is 13.2 Å². The van der Waals surface area contributed by atoms with Crippen LogP contribution in [0.1, 0.15) is 13.8 Å². The van der Waals surface area contributed by atoms with E-state index in [4.69, 9.17) is 9.47 Å². The molecule has 0 N–H and O–H groups in total. The Hall–Kier alpha value is -2.26. The second kappa shape index (κ2) is 6.33. The summed E-state index contributed by atoms with van der Waals surface area (Å²) in [5.41, 5.74) is -0.124. The number of morpholine rings is 1. The van der Waals surface area contributed by atoms with E-state index in [1.807, 2.05) is 13.8 Å². The Morgan fingerprint density at radius 1 is 1.38 bits per heavy atom. The first-order valence-corrected chi connectivity index (χ1v) is 7.80. The average Bonchev–Trinajstić information content (AvgIpc) is 2.90. The number of rotatable bonds is 4. The first-order valence-electron chi connectivity index (χ1n) is 7.80. The first kappa shape index (κ1) is 16.6. The van der Waals surface area contributed by atoms with E-state index in [9.17, 15) is 10.1 Å². The van der Waals surface area contributed by atoms with Gasteiger partial charge in [-0.05, 0) is 26.0 Å². The second-order valence-electron chi connectivity index (χ2n) is 6.32. The predicted molar refractivity (Wildman–Crippen MR) is 87.2 cm³/mol. The van der Waals surface area contributed by atoms with Crippen LogP contribution < -0.4 is 9.75 Å². The molecule has 0 aliphatic carbocycles. The highest BCUT2D eigenvalue weighted by molar-refractivity contribution is 5.66. The zero-order valence-corrected chi connectivity index (χ0v) is 14.0. The van der Waals surface area contributed by atoms with Gasteiger partial charge in [0.1, 0.15) is 23.1 Å². The quantitative estimate of drug-likeness (QED) is 0.619. The minimum Gasteiger partial charge on any atom is -0.496 e. The van der Waals surface area contributed by atoms with Crippen molar-refractivity contribution in [3.8, 4) is 5.75 Å². The molecule has 2 aliphatic heterocycles. The largest absolute Gasteiger partial charge is 0.496 e. The first-order chi connectivity index (χ1) is 11.4. The van der Waals surface area contributed by atoms with Crippen molar-refractivity contribution in [1.29, 1.82) is 0 Å². The van der Waals surface area contributed by atoms with Crippen LogP contribution in [0.5, 0.6) is 5.75 Å². The molecule has 0 saturated carbocycles. The standard InChI is InChI=1S/C15H21N5O4/c1-15(2)14(18-6-8-24-9-7-18)19(17-16-15)12-5-4-11(23-3)10-13(12)20(21)22/h4-5,10,14H,6-9H2,1-3H3. The van der Waals surface area contributed by atoms with Gasteiger partial charge in [0, 0.05) is 13.1 Å². The molecule has 1 aromatic carbocycles. The number of ether oxygens (including phenoxy) is 2. The number of nitrogens with zero attached hydrogens (tertiary/aromatic N) is 5. The molecule has 1 saturated heterocycles. The molecule has 2 aliphatic rings. The molecule has 0 aromatic heterocycles. The minimum absolute atomic E-state index is 0.0516. The van der Waals surface area contributed by atoms with E-state index in [0.29, 0.717) is 24.7 Å². The highest BCUT2D eigenvalue weighted by Gasteiger charge is 2.46. The van der Waals surface area contributed by atoms with Gasteiger partial charge in [-0.25, -0.2) is 5.01 Å². The maximum Gasteiger partial charge on any atom is 0.298 e. The zero-order chi connectivity index (χ0) is 17.3. The lowest BCUT2D eigenvalue weighted by molar-refractivity contribution is -0.384. The summed E-state index contributed by atoms with van der Waals surface area (Å²) < 4.78 is 10.5. The van der Waals surface area contributed by atoms with Crippen LogP contribution in [0, 0.1) is 10.1 Å². The number of benzene rings is 1. The van der Waals surface area contributed by atoms with Gasteiger partial charge in [-0.2, -0.15) is 5.11 Å². The van der Waals surface area contributed by atoms with Crippen LogP contribution in [0.2, 0.25) is 0 Å². The van der Waals surface area contributed by atoms with Crippen LogP contribution in [0.15, 0.2) is 28.5 Å². The van der Waals surface area contributed by atoms with E-state index in [0.717, 1.165) is 13.1 Å². The fourth-order valence-corrected chi connectivity index (χ4v) is 3.14. The van der Waals surface area contributed by atoms with Crippen LogP contribution in [-0.4, -0.2) is 54.9 Å². The fourth-order valence-electron chi connectivity index (χ4n) is 3.14. The minimum atomic E-state index is -0.481. The third kappa shape index (κ3) is 2.92. The van der Waals surface area contributed by atoms with Gasteiger partial charge in [-0.1, -0.05) is 5.22 Å². The van der Waals surface area contributed by atoms with E-state index in [-0.39, 0.29) is 11.9 Å². The van der Waals surface area contributed by atoms with Crippen molar-refractivity contribution >= 4 is 11.4 Å².